The van der Waals surface area contributed by atoms with E-state index in [1.165, 1.54) is 32.7 Å². The van der Waals surface area contributed by atoms with Crippen molar-refractivity contribution in [2.75, 3.05) is 0 Å². The summed E-state index contributed by atoms with van der Waals surface area (Å²) in [6, 6.07) is 39.0. The van der Waals surface area contributed by atoms with Crippen LogP contribution in [0.1, 0.15) is 0 Å². The van der Waals surface area contributed by atoms with E-state index >= 15 is 0 Å². The van der Waals surface area contributed by atoms with Gasteiger partial charge in [0.2, 0.25) is 0 Å². The molecule has 1 N–H and O–H groups in total. The summed E-state index contributed by atoms with van der Waals surface area (Å²) in [4.78, 5) is 3.61. The van der Waals surface area contributed by atoms with E-state index in [1.54, 1.807) is 0 Å². The number of H-pyrrole nitrogens is 1. The highest BCUT2D eigenvalue weighted by Crippen LogP contribution is 2.41. The second-order valence-electron chi connectivity index (χ2n) is 9.04. The van der Waals surface area contributed by atoms with Gasteiger partial charge in [0, 0.05) is 27.1 Å². The third kappa shape index (κ3) is 2.35. The molecule has 0 fully saturated rings. The molecule has 0 spiro atoms. The normalized spacial score (nSPS) is 12.1. The topological polar surface area (TPSA) is 28.9 Å². The van der Waals surface area contributed by atoms with Gasteiger partial charge in [-0.25, -0.2) is 0 Å². The molecule has 0 radical (unpaired) electrons. The molecule has 2 nitrogen and oxygen atoms in total. The van der Waals surface area contributed by atoms with Crippen LogP contribution < -0.4 is 0 Å². The van der Waals surface area contributed by atoms with Crippen LogP contribution in [0.4, 0.5) is 0 Å². The molecule has 0 saturated heterocycles. The Morgan fingerprint density at radius 2 is 1.18 bits per heavy atom. The Kier molecular flexibility index (Phi) is 3.42. The minimum atomic E-state index is 0.949. The maximum atomic E-state index is 6.64. The molecule has 0 aliphatic heterocycles. The predicted molar refractivity (Wildman–Crippen MR) is 144 cm³/mol. The number of hydrogen-bond donors (Lipinski definition) is 1. The number of nitrogens with one attached hydrogen (secondary N) is 1. The lowest BCUT2D eigenvalue weighted by Crippen LogP contribution is -1.81. The minimum Gasteiger partial charge on any atom is -0.455 e. The number of fused-ring (bicyclic) bond motifs is 10. The number of aromatic nitrogens is 1. The number of rotatable bonds is 1. The zero-order valence-electron chi connectivity index (χ0n) is 18.3. The first-order valence-corrected chi connectivity index (χ1v) is 11.6. The Hall–Kier alpha value is -4.56. The van der Waals surface area contributed by atoms with Crippen LogP contribution in [-0.2, 0) is 0 Å². The van der Waals surface area contributed by atoms with E-state index in [0.717, 1.165) is 43.7 Å². The maximum absolute atomic E-state index is 6.64. The first-order chi connectivity index (χ1) is 16.8. The molecule has 34 heavy (non-hydrogen) atoms. The monoisotopic (exact) mass is 433 g/mol. The van der Waals surface area contributed by atoms with Crippen molar-refractivity contribution in [1.29, 1.82) is 0 Å². The van der Waals surface area contributed by atoms with Gasteiger partial charge in [-0.2, -0.15) is 0 Å². The van der Waals surface area contributed by atoms with Gasteiger partial charge in [-0.1, -0.05) is 78.9 Å². The van der Waals surface area contributed by atoms with Gasteiger partial charge < -0.3 is 9.40 Å². The summed E-state index contributed by atoms with van der Waals surface area (Å²) in [5.41, 5.74) is 6.59. The number of furan rings is 1. The Bertz CT molecular complexity index is 2070. The van der Waals surface area contributed by atoms with E-state index in [-0.39, 0.29) is 0 Å². The van der Waals surface area contributed by atoms with Gasteiger partial charge >= 0.3 is 0 Å². The SMILES string of the molecule is c1ccc2c(-c3ccc4[nH]c5ccc6c7ccc8ccccc8c7oc6c5c4c3)cccc2c1. The van der Waals surface area contributed by atoms with E-state index in [4.69, 9.17) is 4.42 Å². The fourth-order valence-corrected chi connectivity index (χ4v) is 5.59. The minimum absolute atomic E-state index is 0.949. The Morgan fingerprint density at radius 3 is 2.09 bits per heavy atom. The van der Waals surface area contributed by atoms with Crippen LogP contribution in [0.15, 0.2) is 114 Å². The van der Waals surface area contributed by atoms with Gasteiger partial charge in [-0.3, -0.25) is 0 Å². The van der Waals surface area contributed by atoms with Crippen LogP contribution in [0.3, 0.4) is 0 Å². The summed E-state index contributed by atoms with van der Waals surface area (Å²) in [7, 11) is 0. The third-order valence-corrected chi connectivity index (χ3v) is 7.19. The highest BCUT2D eigenvalue weighted by atomic mass is 16.3. The maximum Gasteiger partial charge on any atom is 0.145 e. The van der Waals surface area contributed by atoms with Crippen LogP contribution in [-0.4, -0.2) is 4.98 Å². The summed E-state index contributed by atoms with van der Waals surface area (Å²) >= 11 is 0. The molecule has 2 aromatic heterocycles. The standard InChI is InChI=1S/C32H19NO/c1-3-9-22-19(6-1)8-5-11-23(22)21-13-16-28-27(18-21)30-29(33-28)17-15-26-25-14-12-20-7-2-4-10-24(20)31(25)34-32(26)30/h1-18,33H. The molecule has 0 saturated carbocycles. The molecule has 0 unspecified atom stereocenters. The average Bonchev–Trinajstić information content (AvgIpc) is 3.46. The average molecular weight is 434 g/mol. The van der Waals surface area contributed by atoms with Crippen molar-refractivity contribution in [2.24, 2.45) is 0 Å². The van der Waals surface area contributed by atoms with E-state index in [1.807, 2.05) is 0 Å². The molecule has 6 aromatic carbocycles. The summed E-state index contributed by atoms with van der Waals surface area (Å²) in [6.45, 7) is 0. The van der Waals surface area contributed by atoms with Crippen molar-refractivity contribution in [3.63, 3.8) is 0 Å². The largest absolute Gasteiger partial charge is 0.455 e. The lowest BCUT2D eigenvalue weighted by Gasteiger charge is -2.07. The van der Waals surface area contributed by atoms with Crippen LogP contribution >= 0.6 is 0 Å². The molecular formula is C32H19NO. The highest BCUT2D eigenvalue weighted by Gasteiger charge is 2.16. The molecule has 2 heteroatoms. The van der Waals surface area contributed by atoms with Crippen molar-refractivity contribution in [3.8, 4) is 11.1 Å². The first-order valence-electron chi connectivity index (χ1n) is 11.6. The molecule has 0 amide bonds. The summed E-state index contributed by atoms with van der Waals surface area (Å²) in [5.74, 6) is 0. The number of hydrogen-bond acceptors (Lipinski definition) is 1. The Balaban J connectivity index is 1.48. The van der Waals surface area contributed by atoms with Crippen LogP contribution in [0.25, 0.3) is 76.4 Å². The van der Waals surface area contributed by atoms with Gasteiger partial charge in [-0.05, 0) is 57.6 Å². The fourth-order valence-electron chi connectivity index (χ4n) is 5.59. The van der Waals surface area contributed by atoms with Crippen LogP contribution in [0.2, 0.25) is 0 Å². The summed E-state index contributed by atoms with van der Waals surface area (Å²) in [5, 5.41) is 9.53. The Morgan fingerprint density at radius 1 is 0.471 bits per heavy atom. The molecule has 0 aliphatic carbocycles. The molecule has 8 aromatic rings. The molecule has 0 aliphatic rings. The lowest BCUT2D eigenvalue weighted by molar-refractivity contribution is 0.677. The van der Waals surface area contributed by atoms with Crippen molar-refractivity contribution in [2.45, 2.75) is 0 Å². The molecular weight excluding hydrogens is 414 g/mol. The van der Waals surface area contributed by atoms with Crippen molar-refractivity contribution in [3.05, 3.63) is 109 Å². The van der Waals surface area contributed by atoms with Crippen molar-refractivity contribution in [1.82, 2.24) is 4.98 Å². The second kappa shape index (κ2) is 6.49. The molecule has 0 atom stereocenters. The van der Waals surface area contributed by atoms with Crippen LogP contribution in [0, 0.1) is 0 Å². The van der Waals surface area contributed by atoms with E-state index < -0.39 is 0 Å². The fraction of sp³-hybridized carbons (Fsp3) is 0. The summed E-state index contributed by atoms with van der Waals surface area (Å²) in [6.07, 6.45) is 0. The van der Waals surface area contributed by atoms with Crippen molar-refractivity contribution >= 4 is 65.3 Å². The van der Waals surface area contributed by atoms with Crippen molar-refractivity contribution < 1.29 is 4.42 Å². The van der Waals surface area contributed by atoms with Gasteiger partial charge in [-0.15, -0.1) is 0 Å². The Labute approximate surface area is 195 Å². The van der Waals surface area contributed by atoms with Gasteiger partial charge in [0.1, 0.15) is 11.2 Å². The third-order valence-electron chi connectivity index (χ3n) is 7.19. The van der Waals surface area contributed by atoms with E-state index in [2.05, 4.69) is 114 Å². The second-order valence-corrected chi connectivity index (χ2v) is 9.04. The van der Waals surface area contributed by atoms with E-state index in [0.29, 0.717) is 0 Å². The molecule has 158 valence electrons. The number of benzene rings is 6. The van der Waals surface area contributed by atoms with Crippen LogP contribution in [0.5, 0.6) is 0 Å². The van der Waals surface area contributed by atoms with Gasteiger partial charge in [0.15, 0.2) is 0 Å². The quantitative estimate of drug-likeness (QED) is 0.275. The smallest absolute Gasteiger partial charge is 0.145 e. The molecule has 2 heterocycles. The van der Waals surface area contributed by atoms with E-state index in [9.17, 15) is 0 Å². The predicted octanol–water partition coefficient (Wildman–Crippen LogP) is 9.19. The first kappa shape index (κ1) is 17.9. The van der Waals surface area contributed by atoms with Gasteiger partial charge in [0.05, 0.1) is 10.9 Å². The van der Waals surface area contributed by atoms with Gasteiger partial charge in [0.25, 0.3) is 0 Å². The molecule has 0 bridgehead atoms. The zero-order valence-corrected chi connectivity index (χ0v) is 18.3. The molecule has 8 rings (SSSR count). The number of aromatic amines is 1. The summed E-state index contributed by atoms with van der Waals surface area (Å²) < 4.78 is 6.64. The zero-order chi connectivity index (χ0) is 22.2. The highest BCUT2D eigenvalue weighted by molar-refractivity contribution is 6.25. The lowest BCUT2D eigenvalue weighted by atomic mass is 9.97.